The molecule has 0 spiro atoms. The van der Waals surface area contributed by atoms with E-state index in [1.165, 1.54) is 18.2 Å². The van der Waals surface area contributed by atoms with E-state index in [1.54, 1.807) is 6.07 Å². The molecule has 2 aromatic rings. The minimum atomic E-state index is -0.577. The number of rotatable bonds is 6. The number of benzene rings is 2. The van der Waals surface area contributed by atoms with Crippen molar-refractivity contribution in [2.45, 2.75) is 19.3 Å². The van der Waals surface area contributed by atoms with Gasteiger partial charge in [0, 0.05) is 0 Å². The summed E-state index contributed by atoms with van der Waals surface area (Å²) in [5.41, 5.74) is 0.901. The summed E-state index contributed by atoms with van der Waals surface area (Å²) < 4.78 is 18.5. The van der Waals surface area contributed by atoms with Crippen LogP contribution in [0.2, 0.25) is 0 Å². The van der Waals surface area contributed by atoms with E-state index >= 15 is 0 Å². The zero-order valence-electron chi connectivity index (χ0n) is 12.8. The number of anilines is 1. The molecule has 0 unspecified atom stereocenters. The van der Waals surface area contributed by atoms with Crippen molar-refractivity contribution >= 4 is 17.6 Å². The van der Waals surface area contributed by atoms with Crippen molar-refractivity contribution in [3.05, 3.63) is 66.0 Å². The molecule has 0 saturated carbocycles. The van der Waals surface area contributed by atoms with Crippen LogP contribution in [0.25, 0.3) is 0 Å². The van der Waals surface area contributed by atoms with Gasteiger partial charge in [-0.1, -0.05) is 49.4 Å². The molecule has 0 radical (unpaired) electrons. The number of hydrogen-bond donors (Lipinski definition) is 1. The number of carbonyl (C=O) groups excluding carboxylic acids is 2. The van der Waals surface area contributed by atoms with E-state index in [-0.39, 0.29) is 5.69 Å². The SMILES string of the molecule is CC[C@H](C(=O)OCC(=O)Nc1ccccc1F)c1ccccc1. The van der Waals surface area contributed by atoms with Gasteiger partial charge in [0.2, 0.25) is 0 Å². The van der Waals surface area contributed by atoms with E-state index in [4.69, 9.17) is 4.74 Å². The molecular formula is C18H18FNO3. The van der Waals surface area contributed by atoms with E-state index in [9.17, 15) is 14.0 Å². The fraction of sp³-hybridized carbons (Fsp3) is 0.222. The Labute approximate surface area is 134 Å². The Bertz CT molecular complexity index is 673. The van der Waals surface area contributed by atoms with Gasteiger partial charge in [0.25, 0.3) is 5.91 Å². The van der Waals surface area contributed by atoms with Crippen LogP contribution < -0.4 is 5.32 Å². The van der Waals surface area contributed by atoms with Crippen LogP contribution in [0, 0.1) is 5.82 Å². The predicted molar refractivity (Wildman–Crippen MR) is 85.5 cm³/mol. The molecule has 0 saturated heterocycles. The third kappa shape index (κ3) is 4.64. The first-order valence-electron chi connectivity index (χ1n) is 7.37. The van der Waals surface area contributed by atoms with Gasteiger partial charge >= 0.3 is 5.97 Å². The van der Waals surface area contributed by atoms with Gasteiger partial charge in [-0.2, -0.15) is 0 Å². The van der Waals surface area contributed by atoms with Crippen molar-refractivity contribution in [1.82, 2.24) is 0 Å². The van der Waals surface area contributed by atoms with Gasteiger partial charge in [-0.05, 0) is 24.1 Å². The van der Waals surface area contributed by atoms with Gasteiger partial charge in [-0.25, -0.2) is 4.39 Å². The summed E-state index contributed by atoms with van der Waals surface area (Å²) >= 11 is 0. The van der Waals surface area contributed by atoms with Crippen LogP contribution >= 0.6 is 0 Å². The molecule has 1 amide bonds. The standard InChI is InChI=1S/C18H18FNO3/c1-2-14(13-8-4-3-5-9-13)18(22)23-12-17(21)20-16-11-7-6-10-15(16)19/h3-11,14H,2,12H2,1H3,(H,20,21)/t14-/m0/s1. The third-order valence-corrected chi connectivity index (χ3v) is 3.39. The lowest BCUT2D eigenvalue weighted by molar-refractivity contribution is -0.149. The van der Waals surface area contributed by atoms with Crippen LogP contribution in [-0.4, -0.2) is 18.5 Å². The molecule has 120 valence electrons. The van der Waals surface area contributed by atoms with Gasteiger partial charge in [-0.3, -0.25) is 9.59 Å². The smallest absolute Gasteiger partial charge is 0.313 e. The zero-order chi connectivity index (χ0) is 16.7. The molecular weight excluding hydrogens is 297 g/mol. The topological polar surface area (TPSA) is 55.4 Å². The number of halogens is 1. The highest BCUT2D eigenvalue weighted by Gasteiger charge is 2.21. The van der Waals surface area contributed by atoms with Gasteiger partial charge in [0.05, 0.1) is 11.6 Å². The molecule has 0 aliphatic carbocycles. The lowest BCUT2D eigenvalue weighted by atomic mass is 9.97. The number of amides is 1. The maximum atomic E-state index is 13.4. The van der Waals surface area contributed by atoms with Gasteiger partial charge in [0.1, 0.15) is 5.82 Å². The Morgan fingerprint density at radius 1 is 1.09 bits per heavy atom. The summed E-state index contributed by atoms with van der Waals surface area (Å²) in [5.74, 6) is -2.01. The van der Waals surface area contributed by atoms with Crippen molar-refractivity contribution in [2.75, 3.05) is 11.9 Å². The molecule has 0 aliphatic heterocycles. The van der Waals surface area contributed by atoms with Gasteiger partial charge in [0.15, 0.2) is 6.61 Å². The molecule has 0 bridgehead atoms. The van der Waals surface area contributed by atoms with E-state index in [0.717, 1.165) is 5.56 Å². The first kappa shape index (κ1) is 16.7. The molecule has 0 heterocycles. The molecule has 0 aromatic heterocycles. The largest absolute Gasteiger partial charge is 0.455 e. The Balaban J connectivity index is 1.90. The summed E-state index contributed by atoms with van der Waals surface area (Å²) in [7, 11) is 0. The minimum absolute atomic E-state index is 0.0589. The average molecular weight is 315 g/mol. The van der Waals surface area contributed by atoms with E-state index in [0.29, 0.717) is 6.42 Å². The highest BCUT2D eigenvalue weighted by Crippen LogP contribution is 2.20. The third-order valence-electron chi connectivity index (χ3n) is 3.39. The highest BCUT2D eigenvalue weighted by atomic mass is 19.1. The van der Waals surface area contributed by atoms with Crippen molar-refractivity contribution in [1.29, 1.82) is 0 Å². The number of para-hydroxylation sites is 1. The average Bonchev–Trinajstić information content (AvgIpc) is 2.57. The fourth-order valence-corrected chi connectivity index (χ4v) is 2.21. The minimum Gasteiger partial charge on any atom is -0.455 e. The zero-order valence-corrected chi connectivity index (χ0v) is 12.8. The van der Waals surface area contributed by atoms with Crippen LogP contribution in [-0.2, 0) is 14.3 Å². The van der Waals surface area contributed by atoms with Crippen molar-refractivity contribution in [2.24, 2.45) is 0 Å². The van der Waals surface area contributed by atoms with Crippen LogP contribution in [0.4, 0.5) is 10.1 Å². The molecule has 4 nitrogen and oxygen atoms in total. The molecule has 2 rings (SSSR count). The fourth-order valence-electron chi connectivity index (χ4n) is 2.21. The van der Waals surface area contributed by atoms with Crippen LogP contribution in [0.1, 0.15) is 24.8 Å². The summed E-state index contributed by atoms with van der Waals surface area (Å²) in [6.45, 7) is 1.43. The summed E-state index contributed by atoms with van der Waals surface area (Å²) in [6.07, 6.45) is 0.567. The second kappa shape index (κ2) is 8.08. The number of esters is 1. The van der Waals surface area contributed by atoms with Gasteiger partial charge in [-0.15, -0.1) is 0 Å². The van der Waals surface area contributed by atoms with E-state index < -0.39 is 30.2 Å². The van der Waals surface area contributed by atoms with Crippen LogP contribution in [0.15, 0.2) is 54.6 Å². The normalized spacial score (nSPS) is 11.6. The second-order valence-electron chi connectivity index (χ2n) is 5.01. The van der Waals surface area contributed by atoms with Crippen LogP contribution in [0.3, 0.4) is 0 Å². The molecule has 5 heteroatoms. The number of carbonyl (C=O) groups is 2. The molecule has 0 aliphatic rings. The number of nitrogens with one attached hydrogen (secondary N) is 1. The van der Waals surface area contributed by atoms with Crippen LogP contribution in [0.5, 0.6) is 0 Å². The van der Waals surface area contributed by atoms with E-state index in [1.807, 2.05) is 37.3 Å². The lowest BCUT2D eigenvalue weighted by Crippen LogP contribution is -2.24. The summed E-state index contributed by atoms with van der Waals surface area (Å²) in [4.78, 5) is 23.9. The first-order chi connectivity index (χ1) is 11.1. The predicted octanol–water partition coefficient (Wildman–Crippen LogP) is 3.50. The van der Waals surface area contributed by atoms with Crippen molar-refractivity contribution in [3.63, 3.8) is 0 Å². The molecule has 1 N–H and O–H groups in total. The summed E-state index contributed by atoms with van der Waals surface area (Å²) in [5, 5.41) is 2.37. The Morgan fingerprint density at radius 2 is 1.74 bits per heavy atom. The molecule has 0 fully saturated rings. The highest BCUT2D eigenvalue weighted by molar-refractivity contribution is 5.93. The Hall–Kier alpha value is -2.69. The van der Waals surface area contributed by atoms with Gasteiger partial charge < -0.3 is 10.1 Å². The summed E-state index contributed by atoms with van der Waals surface area (Å²) in [6, 6.07) is 15.0. The maximum Gasteiger partial charge on any atom is 0.313 e. The first-order valence-corrected chi connectivity index (χ1v) is 7.37. The van der Waals surface area contributed by atoms with E-state index in [2.05, 4.69) is 5.32 Å². The Morgan fingerprint density at radius 3 is 2.39 bits per heavy atom. The number of ether oxygens (including phenoxy) is 1. The second-order valence-corrected chi connectivity index (χ2v) is 5.01. The lowest BCUT2D eigenvalue weighted by Gasteiger charge is -2.14. The van der Waals surface area contributed by atoms with Crippen molar-refractivity contribution < 1.29 is 18.7 Å². The maximum absolute atomic E-state index is 13.4. The number of hydrogen-bond acceptors (Lipinski definition) is 3. The quantitative estimate of drug-likeness (QED) is 0.830. The van der Waals surface area contributed by atoms with Crippen molar-refractivity contribution in [3.8, 4) is 0 Å². The monoisotopic (exact) mass is 315 g/mol. The molecule has 23 heavy (non-hydrogen) atoms. The molecule has 2 aromatic carbocycles. The Kier molecular flexibility index (Phi) is 5.86. The molecule has 1 atom stereocenters.